The van der Waals surface area contributed by atoms with Crippen LogP contribution in [0.5, 0.6) is 0 Å². The lowest BCUT2D eigenvalue weighted by Crippen LogP contribution is -2.01. The first-order valence-electron chi connectivity index (χ1n) is 7.47. The number of nitrogens with zero attached hydrogens (tertiary/aromatic N) is 5. The fraction of sp³-hybridized carbons (Fsp3) is 0.0588. The number of pyridine rings is 2. The van der Waals surface area contributed by atoms with Gasteiger partial charge in [0, 0.05) is 18.5 Å². The van der Waals surface area contributed by atoms with E-state index in [0.717, 1.165) is 11.3 Å². The van der Waals surface area contributed by atoms with E-state index in [1.807, 2.05) is 53.9 Å². The summed E-state index contributed by atoms with van der Waals surface area (Å²) in [5.74, 6) is 2.41. The minimum absolute atomic E-state index is 0.423. The summed E-state index contributed by atoms with van der Waals surface area (Å²) in [7, 11) is 0. The van der Waals surface area contributed by atoms with Crippen molar-refractivity contribution in [3.05, 3.63) is 60.7 Å². The van der Waals surface area contributed by atoms with Crippen LogP contribution in [0.3, 0.4) is 0 Å². The molecule has 7 nitrogen and oxygen atoms in total. The summed E-state index contributed by atoms with van der Waals surface area (Å²) in [6.45, 7) is 1.81. The van der Waals surface area contributed by atoms with Crippen molar-refractivity contribution in [1.82, 2.24) is 24.3 Å². The van der Waals surface area contributed by atoms with Gasteiger partial charge in [-0.15, -0.1) is 0 Å². The lowest BCUT2D eigenvalue weighted by molar-refractivity contribution is 1.05. The molecule has 0 aliphatic heterocycles. The second-order valence-electron chi connectivity index (χ2n) is 5.30. The molecule has 0 aliphatic carbocycles. The van der Waals surface area contributed by atoms with E-state index in [4.69, 9.17) is 5.73 Å². The zero-order chi connectivity index (χ0) is 16.5. The van der Waals surface area contributed by atoms with Gasteiger partial charge in [-0.2, -0.15) is 0 Å². The van der Waals surface area contributed by atoms with Gasteiger partial charge in [0.1, 0.15) is 28.8 Å². The van der Waals surface area contributed by atoms with Crippen LogP contribution in [0, 0.1) is 6.92 Å². The topological polar surface area (TPSA) is 94.0 Å². The van der Waals surface area contributed by atoms with Gasteiger partial charge >= 0.3 is 0 Å². The third-order valence-electron chi connectivity index (χ3n) is 3.54. The highest BCUT2D eigenvalue weighted by atomic mass is 15.1. The molecule has 0 fully saturated rings. The van der Waals surface area contributed by atoms with E-state index in [1.165, 1.54) is 0 Å². The Balaban J connectivity index is 1.93. The summed E-state index contributed by atoms with van der Waals surface area (Å²) in [5.41, 5.74) is 8.22. The molecule has 4 aromatic rings. The van der Waals surface area contributed by atoms with E-state index in [1.54, 1.807) is 12.3 Å². The van der Waals surface area contributed by atoms with Gasteiger partial charge in [-0.05, 0) is 31.2 Å². The third-order valence-corrected chi connectivity index (χ3v) is 3.54. The second-order valence-corrected chi connectivity index (χ2v) is 5.30. The minimum Gasteiger partial charge on any atom is -0.384 e. The quantitative estimate of drug-likeness (QED) is 0.603. The van der Waals surface area contributed by atoms with Crippen LogP contribution >= 0.6 is 0 Å². The van der Waals surface area contributed by atoms with Crippen molar-refractivity contribution in [2.24, 2.45) is 0 Å². The molecule has 0 bridgehead atoms. The molecule has 4 heterocycles. The van der Waals surface area contributed by atoms with Gasteiger partial charge in [0.2, 0.25) is 0 Å². The van der Waals surface area contributed by atoms with Crippen molar-refractivity contribution in [3.63, 3.8) is 0 Å². The van der Waals surface area contributed by atoms with Gasteiger partial charge in [-0.3, -0.25) is 4.40 Å². The van der Waals surface area contributed by atoms with Gasteiger partial charge in [0.05, 0.1) is 5.69 Å². The van der Waals surface area contributed by atoms with E-state index in [-0.39, 0.29) is 0 Å². The maximum Gasteiger partial charge on any atom is 0.160 e. The Hall–Kier alpha value is -3.48. The maximum absolute atomic E-state index is 5.90. The van der Waals surface area contributed by atoms with Crippen LogP contribution in [0.25, 0.3) is 17.0 Å². The van der Waals surface area contributed by atoms with Crippen LogP contribution in [0.1, 0.15) is 5.82 Å². The highest BCUT2D eigenvalue weighted by Gasteiger charge is 2.16. The monoisotopic (exact) mass is 317 g/mol. The van der Waals surface area contributed by atoms with Gasteiger partial charge in [0.15, 0.2) is 5.82 Å². The average molecular weight is 317 g/mol. The predicted molar refractivity (Wildman–Crippen MR) is 92.9 cm³/mol. The van der Waals surface area contributed by atoms with Crippen molar-refractivity contribution in [3.8, 4) is 11.4 Å². The number of rotatable bonds is 3. The van der Waals surface area contributed by atoms with Crippen molar-refractivity contribution >= 4 is 23.1 Å². The number of nitrogen functional groups attached to an aromatic ring is 1. The molecule has 7 heteroatoms. The predicted octanol–water partition coefficient (Wildman–Crippen LogP) is 2.82. The van der Waals surface area contributed by atoms with Crippen molar-refractivity contribution in [2.75, 3.05) is 11.1 Å². The second kappa shape index (κ2) is 5.62. The number of aromatic nitrogens is 5. The maximum atomic E-state index is 5.90. The van der Waals surface area contributed by atoms with Gasteiger partial charge in [0.25, 0.3) is 0 Å². The smallest absolute Gasteiger partial charge is 0.160 e. The fourth-order valence-electron chi connectivity index (χ4n) is 2.60. The highest BCUT2D eigenvalue weighted by molar-refractivity contribution is 5.78. The Labute approximate surface area is 138 Å². The van der Waals surface area contributed by atoms with E-state index < -0.39 is 0 Å². The third kappa shape index (κ3) is 2.52. The van der Waals surface area contributed by atoms with Crippen LogP contribution in [-0.4, -0.2) is 24.3 Å². The van der Waals surface area contributed by atoms with Crippen LogP contribution < -0.4 is 11.1 Å². The number of fused-ring (bicyclic) bond motifs is 1. The van der Waals surface area contributed by atoms with E-state index in [2.05, 4.69) is 25.3 Å². The summed E-state index contributed by atoms with van der Waals surface area (Å²) in [5, 5.41) is 3.26. The molecule has 0 unspecified atom stereocenters. The Bertz CT molecular complexity index is 988. The SMILES string of the molecule is Cc1nc(N)cc(-c2c(Nc3ccccn3)nc3ccccn23)n1. The number of anilines is 3. The Morgan fingerprint density at radius 1 is 1.04 bits per heavy atom. The molecule has 0 spiro atoms. The van der Waals surface area contributed by atoms with Crippen LogP contribution in [0.4, 0.5) is 17.5 Å². The summed E-state index contributed by atoms with van der Waals surface area (Å²) in [6.07, 6.45) is 3.67. The standard InChI is InChI=1S/C17H15N7/c1-11-20-12(10-13(18)21-11)16-17(22-14-6-2-4-8-19-14)23-15-7-3-5-9-24(15)16/h2-10H,1H3,(H,19,22)(H2,18,20,21). The fourth-order valence-corrected chi connectivity index (χ4v) is 2.60. The molecule has 0 amide bonds. The molecule has 24 heavy (non-hydrogen) atoms. The Morgan fingerprint density at radius 3 is 2.71 bits per heavy atom. The zero-order valence-corrected chi connectivity index (χ0v) is 13.0. The largest absolute Gasteiger partial charge is 0.384 e. The molecule has 0 saturated carbocycles. The Kier molecular flexibility index (Phi) is 3.31. The van der Waals surface area contributed by atoms with Crippen LogP contribution in [-0.2, 0) is 0 Å². The van der Waals surface area contributed by atoms with Gasteiger partial charge in [-0.1, -0.05) is 12.1 Å². The average Bonchev–Trinajstić information content (AvgIpc) is 2.92. The highest BCUT2D eigenvalue weighted by Crippen LogP contribution is 2.30. The summed E-state index contributed by atoms with van der Waals surface area (Å²) in [4.78, 5) is 17.6. The van der Waals surface area contributed by atoms with Gasteiger partial charge < -0.3 is 11.1 Å². The number of hydrogen-bond acceptors (Lipinski definition) is 6. The van der Waals surface area contributed by atoms with E-state index in [0.29, 0.717) is 29.0 Å². The van der Waals surface area contributed by atoms with Crippen LogP contribution in [0.15, 0.2) is 54.9 Å². The lowest BCUT2D eigenvalue weighted by atomic mass is 10.2. The van der Waals surface area contributed by atoms with Crippen LogP contribution in [0.2, 0.25) is 0 Å². The number of aryl methyl sites for hydroxylation is 1. The molecule has 4 aromatic heterocycles. The van der Waals surface area contributed by atoms with Crippen molar-refractivity contribution < 1.29 is 0 Å². The van der Waals surface area contributed by atoms with Crippen molar-refractivity contribution in [2.45, 2.75) is 6.92 Å². The van der Waals surface area contributed by atoms with Gasteiger partial charge in [-0.25, -0.2) is 19.9 Å². The summed E-state index contributed by atoms with van der Waals surface area (Å²) >= 11 is 0. The molecular weight excluding hydrogens is 302 g/mol. The number of nitrogens with two attached hydrogens (primary N) is 1. The molecule has 3 N–H and O–H groups in total. The van der Waals surface area contributed by atoms with Crippen molar-refractivity contribution in [1.29, 1.82) is 0 Å². The minimum atomic E-state index is 0.423. The molecule has 4 rings (SSSR count). The molecule has 118 valence electrons. The van der Waals surface area contributed by atoms with E-state index in [9.17, 15) is 0 Å². The molecule has 0 radical (unpaired) electrons. The number of nitrogens with one attached hydrogen (secondary N) is 1. The number of imidazole rings is 1. The first kappa shape index (κ1) is 14.1. The summed E-state index contributed by atoms with van der Waals surface area (Å²) < 4.78 is 1.96. The first-order valence-corrected chi connectivity index (χ1v) is 7.47. The molecule has 0 saturated heterocycles. The van der Waals surface area contributed by atoms with E-state index >= 15 is 0 Å². The summed E-state index contributed by atoms with van der Waals surface area (Å²) in [6, 6.07) is 13.2. The zero-order valence-electron chi connectivity index (χ0n) is 13.0. The molecule has 0 aliphatic rings. The molecule has 0 atom stereocenters. The first-order chi connectivity index (χ1) is 11.7. The molecular formula is C17H15N7. The Morgan fingerprint density at radius 2 is 1.92 bits per heavy atom. The lowest BCUT2D eigenvalue weighted by Gasteiger charge is -2.07. The molecule has 0 aromatic carbocycles. The number of hydrogen-bond donors (Lipinski definition) is 2. The normalized spacial score (nSPS) is 10.9.